The van der Waals surface area contributed by atoms with E-state index >= 15 is 0 Å². The van der Waals surface area contributed by atoms with Crippen molar-refractivity contribution >= 4 is 20.1 Å². The molecule has 2 aromatic carbocycles. The van der Waals surface area contributed by atoms with Crippen molar-refractivity contribution in [3.63, 3.8) is 0 Å². The quantitative estimate of drug-likeness (QED) is 0.532. The van der Waals surface area contributed by atoms with Crippen molar-refractivity contribution < 1.29 is 14.0 Å². The third kappa shape index (κ3) is 5.69. The van der Waals surface area contributed by atoms with Crippen molar-refractivity contribution in [2.45, 2.75) is 64.5 Å². The Balaban J connectivity index is 1.70. The molecule has 0 spiro atoms. The lowest BCUT2D eigenvalue weighted by Gasteiger charge is -2.42. The smallest absolute Gasteiger partial charge is 0.407 e. The third-order valence-electron chi connectivity index (χ3n) is 6.71. The molecule has 1 amide bonds. The van der Waals surface area contributed by atoms with Gasteiger partial charge < -0.3 is 19.8 Å². The second-order valence-electron chi connectivity index (χ2n) is 9.95. The van der Waals surface area contributed by atoms with Crippen LogP contribution in [0.25, 0.3) is 0 Å². The standard InChI is InChI=1S/C25H36N2O3Si/c1-18-22(17-30-31(5,6)25(2,3)4)26-21-15-11-10-14-20(21)23(18)27-24(28)29-16-19-12-8-7-9-13-19/h7-15,18,22-23,26H,16-17H2,1-6H3,(H,27,28)/t18-,22-,23?/m0/s1. The summed E-state index contributed by atoms with van der Waals surface area (Å²) in [6.45, 7) is 14.3. The van der Waals surface area contributed by atoms with Gasteiger partial charge in [0.2, 0.25) is 0 Å². The Morgan fingerprint density at radius 1 is 1.06 bits per heavy atom. The Kier molecular flexibility index (Phi) is 7.12. The number of carbonyl (C=O) groups excluding carboxylic acids is 1. The fourth-order valence-electron chi connectivity index (χ4n) is 3.56. The summed E-state index contributed by atoms with van der Waals surface area (Å²) in [5, 5.41) is 6.90. The number of hydrogen-bond donors (Lipinski definition) is 2. The Labute approximate surface area is 187 Å². The molecule has 3 rings (SSSR count). The van der Waals surface area contributed by atoms with Crippen LogP contribution in [-0.4, -0.2) is 27.1 Å². The van der Waals surface area contributed by atoms with Gasteiger partial charge in [-0.05, 0) is 35.3 Å². The van der Waals surface area contributed by atoms with Crippen LogP contribution in [0.15, 0.2) is 54.6 Å². The highest BCUT2D eigenvalue weighted by Crippen LogP contribution is 2.39. The number of para-hydroxylation sites is 1. The van der Waals surface area contributed by atoms with Gasteiger partial charge in [0.05, 0.1) is 18.7 Å². The van der Waals surface area contributed by atoms with Gasteiger partial charge in [-0.15, -0.1) is 0 Å². The first kappa shape index (κ1) is 23.4. The lowest BCUT2D eigenvalue weighted by atomic mass is 9.84. The van der Waals surface area contributed by atoms with Crippen LogP contribution in [0.3, 0.4) is 0 Å². The largest absolute Gasteiger partial charge is 0.445 e. The fraction of sp³-hybridized carbons (Fsp3) is 0.480. The van der Waals surface area contributed by atoms with Crippen LogP contribution in [0.4, 0.5) is 10.5 Å². The number of nitrogens with one attached hydrogen (secondary N) is 2. The van der Waals surface area contributed by atoms with Gasteiger partial charge in [-0.1, -0.05) is 76.2 Å². The first-order chi connectivity index (χ1) is 14.6. The predicted octanol–water partition coefficient (Wildman–Crippen LogP) is 6.11. The molecule has 2 aromatic rings. The van der Waals surface area contributed by atoms with E-state index in [4.69, 9.17) is 9.16 Å². The van der Waals surface area contributed by atoms with Crippen molar-refractivity contribution in [1.29, 1.82) is 0 Å². The van der Waals surface area contributed by atoms with E-state index in [1.807, 2.05) is 42.5 Å². The van der Waals surface area contributed by atoms with Crippen molar-refractivity contribution in [2.75, 3.05) is 11.9 Å². The van der Waals surface area contributed by atoms with Crippen LogP contribution in [0, 0.1) is 5.92 Å². The van der Waals surface area contributed by atoms with Gasteiger partial charge in [0, 0.05) is 11.6 Å². The monoisotopic (exact) mass is 440 g/mol. The first-order valence-corrected chi connectivity index (χ1v) is 14.0. The lowest BCUT2D eigenvalue weighted by molar-refractivity contribution is 0.128. The minimum atomic E-state index is -1.87. The molecule has 0 saturated carbocycles. The number of hydrogen-bond acceptors (Lipinski definition) is 4. The van der Waals surface area contributed by atoms with Crippen LogP contribution in [0.1, 0.15) is 44.9 Å². The van der Waals surface area contributed by atoms with E-state index in [0.29, 0.717) is 6.61 Å². The van der Waals surface area contributed by atoms with Crippen molar-refractivity contribution in [1.82, 2.24) is 5.32 Å². The molecule has 0 aliphatic carbocycles. The molecule has 5 nitrogen and oxygen atoms in total. The summed E-state index contributed by atoms with van der Waals surface area (Å²) in [5.41, 5.74) is 3.09. The first-order valence-electron chi connectivity index (χ1n) is 11.0. The number of alkyl carbamates (subject to hydrolysis) is 1. The molecule has 0 bridgehead atoms. The van der Waals surface area contributed by atoms with Crippen LogP contribution in [0.5, 0.6) is 0 Å². The normalized spacial score (nSPS) is 21.0. The molecule has 3 atom stereocenters. The van der Waals surface area contributed by atoms with E-state index < -0.39 is 14.4 Å². The number of carbonyl (C=O) groups is 1. The molecule has 31 heavy (non-hydrogen) atoms. The van der Waals surface area contributed by atoms with Crippen molar-refractivity contribution in [3.8, 4) is 0 Å². The van der Waals surface area contributed by atoms with Crippen molar-refractivity contribution in [2.24, 2.45) is 5.92 Å². The van der Waals surface area contributed by atoms with Gasteiger partial charge in [-0.3, -0.25) is 0 Å². The molecule has 0 aromatic heterocycles. The molecular formula is C25H36N2O3Si. The summed E-state index contributed by atoms with van der Waals surface area (Å²) >= 11 is 0. The average molecular weight is 441 g/mol. The summed E-state index contributed by atoms with van der Waals surface area (Å²) in [6.07, 6.45) is -0.401. The van der Waals surface area contributed by atoms with Gasteiger partial charge in [0.25, 0.3) is 0 Å². The lowest BCUT2D eigenvalue weighted by Crippen LogP contribution is -2.49. The van der Waals surface area contributed by atoms with Crippen LogP contribution in [0.2, 0.25) is 18.1 Å². The molecule has 1 aliphatic rings. The highest BCUT2D eigenvalue weighted by molar-refractivity contribution is 6.74. The summed E-state index contributed by atoms with van der Waals surface area (Å²) in [6, 6.07) is 17.8. The zero-order valence-electron chi connectivity index (χ0n) is 19.6. The van der Waals surface area contributed by atoms with Crippen molar-refractivity contribution in [3.05, 3.63) is 65.7 Å². The summed E-state index contributed by atoms with van der Waals surface area (Å²) in [5.74, 6) is 0.143. The topological polar surface area (TPSA) is 59.6 Å². The van der Waals surface area contributed by atoms with E-state index in [2.05, 4.69) is 63.6 Å². The maximum Gasteiger partial charge on any atom is 0.407 e. The SMILES string of the molecule is C[C@@H]1C(NC(=O)OCc2ccccc2)c2ccccc2N[C@H]1CO[Si](C)(C)C(C)(C)C. The van der Waals surface area contributed by atoms with Gasteiger partial charge in [-0.25, -0.2) is 4.79 Å². The van der Waals surface area contributed by atoms with E-state index in [-0.39, 0.29) is 29.6 Å². The van der Waals surface area contributed by atoms with E-state index in [1.54, 1.807) is 0 Å². The minimum absolute atomic E-state index is 0.100. The second kappa shape index (κ2) is 9.45. The average Bonchev–Trinajstić information content (AvgIpc) is 2.73. The molecule has 1 aliphatic heterocycles. The molecule has 0 saturated heterocycles. The highest BCUT2D eigenvalue weighted by Gasteiger charge is 2.40. The molecule has 2 N–H and O–H groups in total. The molecule has 1 heterocycles. The predicted molar refractivity (Wildman–Crippen MR) is 129 cm³/mol. The molecule has 0 radical (unpaired) electrons. The van der Waals surface area contributed by atoms with Gasteiger partial charge in [0.15, 0.2) is 8.32 Å². The molecular weight excluding hydrogens is 404 g/mol. The third-order valence-corrected chi connectivity index (χ3v) is 11.2. The maximum atomic E-state index is 12.6. The Morgan fingerprint density at radius 2 is 1.71 bits per heavy atom. The van der Waals surface area contributed by atoms with Gasteiger partial charge in [0.1, 0.15) is 6.61 Å². The zero-order valence-corrected chi connectivity index (χ0v) is 20.6. The fourth-order valence-corrected chi connectivity index (χ4v) is 4.58. The van der Waals surface area contributed by atoms with Gasteiger partial charge >= 0.3 is 6.09 Å². The van der Waals surface area contributed by atoms with E-state index in [0.717, 1.165) is 16.8 Å². The van der Waals surface area contributed by atoms with Crippen LogP contribution >= 0.6 is 0 Å². The Morgan fingerprint density at radius 3 is 2.39 bits per heavy atom. The van der Waals surface area contributed by atoms with E-state index in [9.17, 15) is 4.79 Å². The second-order valence-corrected chi connectivity index (χ2v) is 14.8. The summed E-state index contributed by atoms with van der Waals surface area (Å²) in [4.78, 5) is 12.6. The van der Waals surface area contributed by atoms with Crippen LogP contribution in [-0.2, 0) is 15.8 Å². The molecule has 168 valence electrons. The Hall–Kier alpha value is -2.31. The summed E-state index contributed by atoms with van der Waals surface area (Å²) in [7, 11) is -1.87. The number of ether oxygens (including phenoxy) is 1. The summed E-state index contributed by atoms with van der Waals surface area (Å²) < 4.78 is 12.0. The van der Waals surface area contributed by atoms with E-state index in [1.165, 1.54) is 0 Å². The number of fused-ring (bicyclic) bond motifs is 1. The minimum Gasteiger partial charge on any atom is -0.445 e. The molecule has 0 fully saturated rings. The molecule has 1 unspecified atom stereocenters. The zero-order chi connectivity index (χ0) is 22.6. The molecule has 6 heteroatoms. The van der Waals surface area contributed by atoms with Gasteiger partial charge in [-0.2, -0.15) is 0 Å². The maximum absolute atomic E-state index is 12.6. The number of amides is 1. The number of anilines is 1. The van der Waals surface area contributed by atoms with Crippen LogP contribution < -0.4 is 10.6 Å². The highest BCUT2D eigenvalue weighted by atomic mass is 28.4. The number of benzene rings is 2. The number of rotatable bonds is 6. The Bertz CT molecular complexity index is 880.